The first-order valence-electron chi connectivity index (χ1n) is 10.8. The summed E-state index contributed by atoms with van der Waals surface area (Å²) >= 11 is 0. The van der Waals surface area contributed by atoms with Crippen LogP contribution >= 0.6 is 0 Å². The standard InChI is InChI=1S/C24H30N4O2/c1-2-22(27-14-12-26(13-15-27)16-17-29)23-25-21-11-7-6-10-20(21)24(30)28(23)18-19-8-4-3-5-9-19/h3-11,22,29H,2,12-18H2,1H3. The first kappa shape index (κ1) is 20.7. The highest BCUT2D eigenvalue weighted by Gasteiger charge is 2.27. The average molecular weight is 407 g/mol. The lowest BCUT2D eigenvalue weighted by Crippen LogP contribution is -2.49. The second-order valence-electron chi connectivity index (χ2n) is 7.89. The molecule has 6 heteroatoms. The maximum absolute atomic E-state index is 13.5. The van der Waals surface area contributed by atoms with Crippen molar-refractivity contribution in [3.63, 3.8) is 0 Å². The zero-order valence-electron chi connectivity index (χ0n) is 17.6. The predicted octanol–water partition coefficient (Wildman–Crippen LogP) is 2.51. The summed E-state index contributed by atoms with van der Waals surface area (Å²) in [6, 6.07) is 17.8. The van der Waals surface area contributed by atoms with Gasteiger partial charge in [0.1, 0.15) is 5.82 Å². The highest BCUT2D eigenvalue weighted by Crippen LogP contribution is 2.25. The molecule has 0 amide bonds. The molecule has 1 N–H and O–H groups in total. The summed E-state index contributed by atoms with van der Waals surface area (Å²) in [7, 11) is 0. The zero-order valence-corrected chi connectivity index (χ0v) is 17.6. The topological polar surface area (TPSA) is 61.6 Å². The van der Waals surface area contributed by atoms with Gasteiger partial charge in [0.2, 0.25) is 0 Å². The molecule has 1 atom stereocenters. The number of benzene rings is 2. The van der Waals surface area contributed by atoms with Gasteiger partial charge in [-0.2, -0.15) is 0 Å². The van der Waals surface area contributed by atoms with E-state index in [0.29, 0.717) is 11.9 Å². The zero-order chi connectivity index (χ0) is 20.9. The number of rotatable bonds is 7. The Kier molecular flexibility index (Phi) is 6.57. The van der Waals surface area contributed by atoms with Gasteiger partial charge in [0.05, 0.1) is 30.1 Å². The number of aliphatic hydroxyl groups excluding tert-OH is 1. The first-order chi connectivity index (χ1) is 14.7. The Morgan fingerprint density at radius 1 is 1.00 bits per heavy atom. The van der Waals surface area contributed by atoms with Crippen LogP contribution < -0.4 is 5.56 Å². The molecule has 3 aromatic rings. The van der Waals surface area contributed by atoms with Crippen molar-refractivity contribution in [3.05, 3.63) is 76.3 Å². The van der Waals surface area contributed by atoms with E-state index in [1.165, 1.54) is 0 Å². The van der Waals surface area contributed by atoms with Crippen molar-refractivity contribution in [1.29, 1.82) is 0 Å². The first-order valence-corrected chi connectivity index (χ1v) is 10.8. The van der Waals surface area contributed by atoms with Crippen molar-refractivity contribution >= 4 is 10.9 Å². The number of β-amino-alcohol motifs (C(OH)–C–C–N with tert-alkyl or cyclic N) is 1. The fraction of sp³-hybridized carbons (Fsp3) is 0.417. The van der Waals surface area contributed by atoms with Gasteiger partial charge in [-0.1, -0.05) is 49.4 Å². The van der Waals surface area contributed by atoms with Crippen molar-refractivity contribution in [2.24, 2.45) is 0 Å². The molecule has 30 heavy (non-hydrogen) atoms. The summed E-state index contributed by atoms with van der Waals surface area (Å²) in [4.78, 5) is 23.2. The summed E-state index contributed by atoms with van der Waals surface area (Å²) in [6.07, 6.45) is 0.888. The highest BCUT2D eigenvalue weighted by atomic mass is 16.3. The fourth-order valence-electron chi connectivity index (χ4n) is 4.40. The van der Waals surface area contributed by atoms with Gasteiger partial charge in [0, 0.05) is 32.7 Å². The third kappa shape index (κ3) is 4.31. The lowest BCUT2D eigenvalue weighted by atomic mass is 10.1. The number of para-hydroxylation sites is 1. The Hall–Kier alpha value is -2.54. The SMILES string of the molecule is CCC(c1nc2ccccc2c(=O)n1Cc1ccccc1)N1CCN(CCO)CC1. The fourth-order valence-corrected chi connectivity index (χ4v) is 4.40. The minimum Gasteiger partial charge on any atom is -0.395 e. The third-order valence-electron chi connectivity index (χ3n) is 6.02. The number of nitrogens with zero attached hydrogens (tertiary/aromatic N) is 4. The monoisotopic (exact) mass is 406 g/mol. The highest BCUT2D eigenvalue weighted by molar-refractivity contribution is 5.77. The third-order valence-corrected chi connectivity index (χ3v) is 6.02. The average Bonchev–Trinajstić information content (AvgIpc) is 2.79. The van der Waals surface area contributed by atoms with Gasteiger partial charge in [-0.25, -0.2) is 4.98 Å². The van der Waals surface area contributed by atoms with Crippen LogP contribution in [0.1, 0.15) is 30.8 Å². The van der Waals surface area contributed by atoms with Gasteiger partial charge >= 0.3 is 0 Å². The summed E-state index contributed by atoms with van der Waals surface area (Å²) < 4.78 is 1.87. The Labute approximate surface area is 177 Å². The lowest BCUT2D eigenvalue weighted by Gasteiger charge is -2.39. The smallest absolute Gasteiger partial charge is 0.261 e. The van der Waals surface area contributed by atoms with Gasteiger partial charge in [0.15, 0.2) is 0 Å². The van der Waals surface area contributed by atoms with Crippen LogP contribution in [-0.4, -0.2) is 63.8 Å². The number of hydrogen-bond donors (Lipinski definition) is 1. The van der Waals surface area contributed by atoms with E-state index >= 15 is 0 Å². The molecule has 1 aliphatic rings. The van der Waals surface area contributed by atoms with Crippen molar-refractivity contribution in [2.45, 2.75) is 25.9 Å². The van der Waals surface area contributed by atoms with E-state index in [0.717, 1.165) is 56.0 Å². The van der Waals surface area contributed by atoms with Crippen LogP contribution in [0.2, 0.25) is 0 Å². The van der Waals surface area contributed by atoms with Crippen molar-refractivity contribution in [2.75, 3.05) is 39.3 Å². The molecule has 0 radical (unpaired) electrons. The van der Waals surface area contributed by atoms with E-state index < -0.39 is 0 Å². The van der Waals surface area contributed by atoms with Crippen LogP contribution in [0.15, 0.2) is 59.4 Å². The quantitative estimate of drug-likeness (QED) is 0.653. The summed E-state index contributed by atoms with van der Waals surface area (Å²) in [5.74, 6) is 0.848. The van der Waals surface area contributed by atoms with E-state index in [9.17, 15) is 9.90 Å². The molecule has 0 saturated carbocycles. The molecule has 2 aromatic carbocycles. The van der Waals surface area contributed by atoms with Gasteiger partial charge in [-0.15, -0.1) is 0 Å². The maximum atomic E-state index is 13.5. The number of aromatic nitrogens is 2. The van der Waals surface area contributed by atoms with Gasteiger partial charge < -0.3 is 5.11 Å². The van der Waals surface area contributed by atoms with Crippen molar-refractivity contribution in [3.8, 4) is 0 Å². The molecule has 6 nitrogen and oxygen atoms in total. The number of piperazine rings is 1. The molecule has 2 heterocycles. The van der Waals surface area contributed by atoms with Crippen LogP contribution in [-0.2, 0) is 6.54 Å². The second-order valence-corrected chi connectivity index (χ2v) is 7.89. The van der Waals surface area contributed by atoms with Gasteiger partial charge in [-0.05, 0) is 24.1 Å². The van der Waals surface area contributed by atoms with Crippen molar-refractivity contribution < 1.29 is 5.11 Å². The van der Waals surface area contributed by atoms with Crippen molar-refractivity contribution in [1.82, 2.24) is 19.4 Å². The molecule has 158 valence electrons. The summed E-state index contributed by atoms with van der Waals surface area (Å²) in [5, 5.41) is 9.89. The minimum atomic E-state index is 0.0248. The van der Waals surface area contributed by atoms with Gasteiger partial charge in [0.25, 0.3) is 5.56 Å². The molecule has 4 rings (SSSR count). The molecule has 1 fully saturated rings. The molecule has 1 aliphatic heterocycles. The van der Waals surface area contributed by atoms with Crippen LogP contribution in [0.3, 0.4) is 0 Å². The Balaban J connectivity index is 1.74. The van der Waals surface area contributed by atoms with E-state index in [4.69, 9.17) is 4.98 Å². The second kappa shape index (κ2) is 9.51. The van der Waals surface area contributed by atoms with E-state index in [2.05, 4.69) is 28.9 Å². The minimum absolute atomic E-state index is 0.0248. The Morgan fingerprint density at radius 2 is 1.70 bits per heavy atom. The summed E-state index contributed by atoms with van der Waals surface area (Å²) in [5.41, 5.74) is 1.89. The largest absolute Gasteiger partial charge is 0.395 e. The van der Waals surface area contributed by atoms with E-state index in [1.54, 1.807) is 0 Å². The maximum Gasteiger partial charge on any atom is 0.261 e. The van der Waals surface area contributed by atoms with E-state index in [1.807, 2.05) is 47.0 Å². The van der Waals surface area contributed by atoms with Crippen LogP contribution in [0.5, 0.6) is 0 Å². The summed E-state index contributed by atoms with van der Waals surface area (Å²) in [6.45, 7) is 7.27. The molecular weight excluding hydrogens is 376 g/mol. The Morgan fingerprint density at radius 3 is 2.40 bits per heavy atom. The molecule has 1 saturated heterocycles. The number of aliphatic hydroxyl groups is 1. The number of fused-ring (bicyclic) bond motifs is 1. The van der Waals surface area contributed by atoms with Crippen LogP contribution in [0.4, 0.5) is 0 Å². The predicted molar refractivity (Wildman–Crippen MR) is 120 cm³/mol. The molecule has 0 aliphatic carbocycles. The normalized spacial score (nSPS) is 16.7. The molecule has 0 bridgehead atoms. The molecular formula is C24H30N4O2. The van der Waals surface area contributed by atoms with E-state index in [-0.39, 0.29) is 18.2 Å². The molecule has 0 spiro atoms. The van der Waals surface area contributed by atoms with Crippen LogP contribution in [0.25, 0.3) is 10.9 Å². The number of hydrogen-bond acceptors (Lipinski definition) is 5. The lowest BCUT2D eigenvalue weighted by molar-refractivity contribution is 0.0774. The van der Waals surface area contributed by atoms with Gasteiger partial charge in [-0.3, -0.25) is 19.2 Å². The Bertz CT molecular complexity index is 1030. The molecule has 1 unspecified atom stereocenters. The van der Waals surface area contributed by atoms with Crippen LogP contribution in [0, 0.1) is 0 Å². The molecule has 1 aromatic heterocycles.